The topological polar surface area (TPSA) is 76.5 Å². The van der Waals surface area contributed by atoms with Gasteiger partial charge in [0.15, 0.2) is 6.61 Å². The number of nitrogens with zero attached hydrogens (tertiary/aromatic N) is 3. The zero-order valence-electron chi connectivity index (χ0n) is 13.2. The summed E-state index contributed by atoms with van der Waals surface area (Å²) in [5, 5.41) is 7.34. The molecule has 0 radical (unpaired) electrons. The molecule has 0 fully saturated rings. The van der Waals surface area contributed by atoms with Crippen molar-refractivity contribution in [2.45, 2.75) is 6.54 Å². The number of carbonyl (C=O) groups excluding carboxylic acids is 2. The van der Waals surface area contributed by atoms with Gasteiger partial charge < -0.3 is 15.0 Å². The first-order valence-corrected chi connectivity index (χ1v) is 7.87. The minimum absolute atomic E-state index is 0.0235. The minimum atomic E-state index is -0.225. The number of amides is 2. The maximum atomic E-state index is 12.2. The average Bonchev–Trinajstić information content (AvgIpc) is 2.92. The Labute approximate surface area is 144 Å². The number of carbonyl (C=O) groups is 2. The summed E-state index contributed by atoms with van der Waals surface area (Å²) in [6.07, 6.45) is 1.56. The van der Waals surface area contributed by atoms with E-state index in [1.54, 1.807) is 42.4 Å². The Hall–Kier alpha value is -2.54. The maximum absolute atomic E-state index is 12.2. The van der Waals surface area contributed by atoms with E-state index in [-0.39, 0.29) is 18.4 Å². The van der Waals surface area contributed by atoms with Crippen LogP contribution in [0.5, 0.6) is 5.75 Å². The summed E-state index contributed by atoms with van der Waals surface area (Å²) < 4.78 is 7.00. The van der Waals surface area contributed by atoms with E-state index in [4.69, 9.17) is 16.3 Å². The zero-order chi connectivity index (χ0) is 17.1. The fourth-order valence-electron chi connectivity index (χ4n) is 2.53. The number of aryl methyl sites for hydroxylation is 1. The molecule has 126 valence electrons. The molecule has 0 bridgehead atoms. The van der Waals surface area contributed by atoms with Crippen LogP contribution < -0.4 is 10.1 Å². The van der Waals surface area contributed by atoms with E-state index in [1.807, 2.05) is 0 Å². The lowest BCUT2D eigenvalue weighted by molar-refractivity contribution is -0.133. The summed E-state index contributed by atoms with van der Waals surface area (Å²) >= 11 is 6.01. The monoisotopic (exact) mass is 348 g/mol. The number of benzene rings is 1. The molecular weight excluding hydrogens is 332 g/mol. The molecule has 8 heteroatoms. The van der Waals surface area contributed by atoms with Crippen molar-refractivity contribution in [1.29, 1.82) is 0 Å². The molecule has 1 aromatic carbocycles. The zero-order valence-corrected chi connectivity index (χ0v) is 13.9. The van der Waals surface area contributed by atoms with Gasteiger partial charge in [-0.25, -0.2) is 0 Å². The molecule has 0 spiro atoms. The highest BCUT2D eigenvalue weighted by atomic mass is 35.5. The molecule has 2 aromatic rings. The number of ether oxygens (including phenoxy) is 1. The van der Waals surface area contributed by atoms with Crippen LogP contribution in [0.15, 0.2) is 30.5 Å². The third-order valence-corrected chi connectivity index (χ3v) is 4.04. The Morgan fingerprint density at radius 1 is 1.42 bits per heavy atom. The Morgan fingerprint density at radius 3 is 3.00 bits per heavy atom. The van der Waals surface area contributed by atoms with Crippen molar-refractivity contribution in [3.05, 3.63) is 46.7 Å². The van der Waals surface area contributed by atoms with Crippen molar-refractivity contribution < 1.29 is 14.3 Å². The molecule has 0 atom stereocenters. The number of fused-ring (bicyclic) bond motifs is 1. The van der Waals surface area contributed by atoms with Gasteiger partial charge in [0.1, 0.15) is 11.4 Å². The molecule has 0 saturated carbocycles. The first-order chi connectivity index (χ1) is 11.5. The quantitative estimate of drug-likeness (QED) is 0.901. The van der Waals surface area contributed by atoms with Crippen molar-refractivity contribution in [3.63, 3.8) is 0 Å². The van der Waals surface area contributed by atoms with Gasteiger partial charge in [-0.2, -0.15) is 5.10 Å². The van der Waals surface area contributed by atoms with Crippen LogP contribution in [0.2, 0.25) is 5.02 Å². The predicted molar refractivity (Wildman–Crippen MR) is 87.9 cm³/mol. The molecule has 2 amide bonds. The molecule has 3 rings (SSSR count). The van der Waals surface area contributed by atoms with Gasteiger partial charge in [0.25, 0.3) is 11.8 Å². The number of hydrogen-bond acceptors (Lipinski definition) is 4. The number of halogens is 1. The van der Waals surface area contributed by atoms with Crippen molar-refractivity contribution in [2.75, 3.05) is 19.7 Å². The van der Waals surface area contributed by atoms with Crippen LogP contribution in [0.1, 0.15) is 16.1 Å². The second-order valence-electron chi connectivity index (χ2n) is 5.45. The summed E-state index contributed by atoms with van der Waals surface area (Å²) in [6.45, 7) is 1.10. The van der Waals surface area contributed by atoms with Crippen LogP contribution in [-0.4, -0.2) is 46.2 Å². The van der Waals surface area contributed by atoms with Gasteiger partial charge in [-0.05, 0) is 24.3 Å². The number of hydrogen-bond donors (Lipinski definition) is 1. The Morgan fingerprint density at radius 2 is 2.25 bits per heavy atom. The Bertz CT molecular complexity index is 774. The molecule has 0 aliphatic carbocycles. The van der Waals surface area contributed by atoms with Gasteiger partial charge in [-0.15, -0.1) is 0 Å². The average molecular weight is 349 g/mol. The summed E-state index contributed by atoms with van der Waals surface area (Å²) in [4.78, 5) is 25.9. The lowest BCUT2D eigenvalue weighted by atomic mass is 10.2. The van der Waals surface area contributed by atoms with Gasteiger partial charge in [-0.3, -0.25) is 14.3 Å². The molecular formula is C16H17ClN4O3. The molecule has 1 aromatic heterocycles. The first kappa shape index (κ1) is 16.3. The maximum Gasteiger partial charge on any atom is 0.269 e. The second kappa shape index (κ2) is 6.92. The second-order valence-corrected chi connectivity index (χ2v) is 5.89. The van der Waals surface area contributed by atoms with Crippen LogP contribution in [-0.2, 0) is 18.4 Å². The van der Waals surface area contributed by atoms with Crippen LogP contribution in [0.3, 0.4) is 0 Å². The highest BCUT2D eigenvalue weighted by Gasteiger charge is 2.21. The van der Waals surface area contributed by atoms with Crippen molar-refractivity contribution >= 4 is 23.4 Å². The molecule has 1 aliphatic heterocycles. The third kappa shape index (κ3) is 3.51. The third-order valence-electron chi connectivity index (χ3n) is 3.81. The normalized spacial score (nSPS) is 13.9. The van der Waals surface area contributed by atoms with Crippen molar-refractivity contribution in [2.24, 2.45) is 7.05 Å². The molecule has 1 aliphatic rings. The van der Waals surface area contributed by atoms with Gasteiger partial charge in [0.2, 0.25) is 0 Å². The SMILES string of the molecule is Cn1nccc1C(=O)NCCN1Cc2cc(Cl)ccc2OCC1=O. The predicted octanol–water partition coefficient (Wildman–Crippen LogP) is 1.22. The smallest absolute Gasteiger partial charge is 0.269 e. The molecule has 7 nitrogen and oxygen atoms in total. The number of aromatic nitrogens is 2. The fourth-order valence-corrected chi connectivity index (χ4v) is 2.73. The molecule has 2 heterocycles. The summed E-state index contributed by atoms with van der Waals surface area (Å²) in [7, 11) is 1.70. The van der Waals surface area contributed by atoms with Gasteiger partial charge in [-0.1, -0.05) is 11.6 Å². The minimum Gasteiger partial charge on any atom is -0.483 e. The fraction of sp³-hybridized carbons (Fsp3) is 0.312. The largest absolute Gasteiger partial charge is 0.483 e. The molecule has 0 saturated heterocycles. The number of rotatable bonds is 4. The van der Waals surface area contributed by atoms with E-state index in [2.05, 4.69) is 10.4 Å². The summed E-state index contributed by atoms with van der Waals surface area (Å²) in [5.41, 5.74) is 1.32. The Kier molecular flexibility index (Phi) is 4.71. The molecule has 1 N–H and O–H groups in total. The van der Waals surface area contributed by atoms with Crippen molar-refractivity contribution in [3.8, 4) is 5.75 Å². The Balaban J connectivity index is 1.61. The van der Waals surface area contributed by atoms with E-state index < -0.39 is 0 Å². The van der Waals surface area contributed by atoms with Crippen molar-refractivity contribution in [1.82, 2.24) is 20.0 Å². The first-order valence-electron chi connectivity index (χ1n) is 7.50. The highest BCUT2D eigenvalue weighted by Crippen LogP contribution is 2.26. The summed E-state index contributed by atoms with van der Waals surface area (Å²) in [6, 6.07) is 6.92. The molecule has 24 heavy (non-hydrogen) atoms. The lowest BCUT2D eigenvalue weighted by Gasteiger charge is -2.20. The molecule has 0 unspecified atom stereocenters. The van der Waals surface area contributed by atoms with Crippen LogP contribution in [0, 0.1) is 0 Å². The van der Waals surface area contributed by atoms with Crippen LogP contribution in [0.4, 0.5) is 0 Å². The highest BCUT2D eigenvalue weighted by molar-refractivity contribution is 6.30. The van der Waals surface area contributed by atoms with E-state index in [0.29, 0.717) is 36.1 Å². The van der Waals surface area contributed by atoms with E-state index in [9.17, 15) is 9.59 Å². The van der Waals surface area contributed by atoms with Crippen LogP contribution >= 0.6 is 11.6 Å². The van der Waals surface area contributed by atoms with E-state index >= 15 is 0 Å². The van der Waals surface area contributed by atoms with Gasteiger partial charge in [0, 0.05) is 43.5 Å². The van der Waals surface area contributed by atoms with E-state index in [1.165, 1.54) is 4.68 Å². The van der Waals surface area contributed by atoms with Crippen LogP contribution in [0.25, 0.3) is 0 Å². The lowest BCUT2D eigenvalue weighted by Crippen LogP contribution is -2.39. The standard InChI is InChI=1S/C16H17ClN4O3/c1-20-13(4-5-19-20)16(23)18-6-7-21-9-11-8-12(17)2-3-14(11)24-10-15(21)22/h2-5,8H,6-7,9-10H2,1H3,(H,18,23). The number of nitrogens with one attached hydrogen (secondary N) is 1. The van der Waals surface area contributed by atoms with E-state index in [0.717, 1.165) is 5.56 Å². The summed E-state index contributed by atoms with van der Waals surface area (Å²) in [5.74, 6) is 0.309. The van der Waals surface area contributed by atoms with Gasteiger partial charge in [0.05, 0.1) is 0 Å². The van der Waals surface area contributed by atoms with Gasteiger partial charge >= 0.3 is 0 Å².